The van der Waals surface area contributed by atoms with Crippen LogP contribution in [0.2, 0.25) is 0 Å². The van der Waals surface area contributed by atoms with E-state index in [0.29, 0.717) is 6.54 Å². The fourth-order valence-electron chi connectivity index (χ4n) is 0.831. The zero-order chi connectivity index (χ0) is 8.97. The maximum atomic E-state index is 10.7. The Labute approximate surface area is 79.3 Å². The Balaban J connectivity index is 2.58. The van der Waals surface area contributed by atoms with E-state index in [0.717, 1.165) is 0 Å². The molecule has 0 aliphatic rings. The molecule has 0 bridgehead atoms. The second kappa shape index (κ2) is 4.21. The highest BCUT2D eigenvalue weighted by molar-refractivity contribution is 9.10. The molecule has 0 aromatic carbocycles. The summed E-state index contributed by atoms with van der Waals surface area (Å²) in [5, 5.41) is 0. The standard InChI is InChI=1S/C8H9BrN2O/c9-7(8(10)12)6-11-4-2-1-3-5-11/h1-5,7H,6H2,(H-,10,12)/p+1/t7-/m1/s1. The van der Waals surface area contributed by atoms with Gasteiger partial charge in [-0.05, 0) is 0 Å². The third kappa shape index (κ3) is 2.62. The molecule has 4 heteroatoms. The molecule has 0 aliphatic carbocycles. The van der Waals surface area contributed by atoms with Crippen molar-refractivity contribution in [3.8, 4) is 0 Å². The van der Waals surface area contributed by atoms with Crippen LogP contribution in [0.3, 0.4) is 0 Å². The topological polar surface area (TPSA) is 47.0 Å². The van der Waals surface area contributed by atoms with Gasteiger partial charge in [0.2, 0.25) is 5.91 Å². The lowest BCUT2D eigenvalue weighted by Gasteiger charge is -1.99. The number of primary amides is 1. The molecule has 0 spiro atoms. The van der Waals surface area contributed by atoms with Gasteiger partial charge < -0.3 is 5.73 Å². The normalized spacial score (nSPS) is 12.4. The minimum Gasteiger partial charge on any atom is -0.368 e. The molecule has 2 N–H and O–H groups in total. The molecule has 64 valence electrons. The number of carbonyl (C=O) groups excluding carboxylic acids is 1. The maximum absolute atomic E-state index is 10.7. The molecule has 0 unspecified atom stereocenters. The van der Waals surface area contributed by atoms with Crippen LogP contribution in [-0.2, 0) is 11.3 Å². The van der Waals surface area contributed by atoms with Gasteiger partial charge in [-0.2, -0.15) is 0 Å². The molecule has 1 rings (SSSR count). The average molecular weight is 230 g/mol. The van der Waals surface area contributed by atoms with Crippen molar-refractivity contribution < 1.29 is 9.36 Å². The van der Waals surface area contributed by atoms with Crippen molar-refractivity contribution in [2.24, 2.45) is 5.73 Å². The van der Waals surface area contributed by atoms with E-state index in [-0.39, 0.29) is 10.7 Å². The summed E-state index contributed by atoms with van der Waals surface area (Å²) in [6, 6.07) is 5.73. The summed E-state index contributed by atoms with van der Waals surface area (Å²) in [6.45, 7) is 0.566. The van der Waals surface area contributed by atoms with Crippen molar-refractivity contribution in [1.29, 1.82) is 0 Å². The molecule has 12 heavy (non-hydrogen) atoms. The van der Waals surface area contributed by atoms with Gasteiger partial charge in [0, 0.05) is 12.1 Å². The Morgan fingerprint density at radius 3 is 2.50 bits per heavy atom. The van der Waals surface area contributed by atoms with Crippen molar-refractivity contribution in [1.82, 2.24) is 0 Å². The molecule has 1 atom stereocenters. The van der Waals surface area contributed by atoms with E-state index in [9.17, 15) is 4.79 Å². The van der Waals surface area contributed by atoms with Crippen LogP contribution in [0.4, 0.5) is 0 Å². The van der Waals surface area contributed by atoms with Crippen molar-refractivity contribution in [3.05, 3.63) is 30.6 Å². The van der Waals surface area contributed by atoms with E-state index in [1.54, 1.807) is 0 Å². The maximum Gasteiger partial charge on any atom is 0.237 e. The van der Waals surface area contributed by atoms with Gasteiger partial charge in [0.05, 0.1) is 0 Å². The molecule has 0 saturated carbocycles. The SMILES string of the molecule is NC(=O)[C@H](Br)C[n+]1ccccc1. The zero-order valence-electron chi connectivity index (χ0n) is 6.48. The Kier molecular flexibility index (Phi) is 3.22. The average Bonchev–Trinajstić information content (AvgIpc) is 2.06. The lowest BCUT2D eigenvalue weighted by atomic mass is 10.4. The van der Waals surface area contributed by atoms with Crippen LogP contribution in [-0.4, -0.2) is 10.7 Å². The Morgan fingerprint density at radius 2 is 2.00 bits per heavy atom. The van der Waals surface area contributed by atoms with Gasteiger partial charge in [0.25, 0.3) is 0 Å². The van der Waals surface area contributed by atoms with E-state index >= 15 is 0 Å². The second-order valence-electron chi connectivity index (χ2n) is 2.44. The Morgan fingerprint density at radius 1 is 1.42 bits per heavy atom. The summed E-state index contributed by atoms with van der Waals surface area (Å²) >= 11 is 3.18. The van der Waals surface area contributed by atoms with Crippen LogP contribution in [0.1, 0.15) is 0 Å². The zero-order valence-corrected chi connectivity index (χ0v) is 8.07. The van der Waals surface area contributed by atoms with E-state index in [1.165, 1.54) is 0 Å². The monoisotopic (exact) mass is 229 g/mol. The van der Waals surface area contributed by atoms with Crippen LogP contribution >= 0.6 is 15.9 Å². The molecule has 0 aliphatic heterocycles. The number of hydrogen-bond acceptors (Lipinski definition) is 1. The first-order valence-corrected chi connectivity index (χ1v) is 4.49. The molecule has 3 nitrogen and oxygen atoms in total. The van der Waals surface area contributed by atoms with E-state index in [4.69, 9.17) is 5.73 Å². The quantitative estimate of drug-likeness (QED) is 0.586. The lowest BCUT2D eigenvalue weighted by Crippen LogP contribution is -2.41. The lowest BCUT2D eigenvalue weighted by molar-refractivity contribution is -0.694. The van der Waals surface area contributed by atoms with Gasteiger partial charge in [-0.1, -0.05) is 22.0 Å². The Hall–Kier alpha value is -0.900. The summed E-state index contributed by atoms with van der Waals surface area (Å²) in [5.41, 5.74) is 5.08. The molecule has 0 fully saturated rings. The summed E-state index contributed by atoms with van der Waals surface area (Å²) < 4.78 is 1.89. The highest BCUT2D eigenvalue weighted by Crippen LogP contribution is 1.97. The van der Waals surface area contributed by atoms with E-state index < -0.39 is 0 Å². The van der Waals surface area contributed by atoms with Crippen molar-refractivity contribution in [2.45, 2.75) is 11.4 Å². The number of nitrogens with two attached hydrogens (primary N) is 1. The van der Waals surface area contributed by atoms with Crippen LogP contribution in [0.25, 0.3) is 0 Å². The van der Waals surface area contributed by atoms with Crippen LogP contribution in [0, 0.1) is 0 Å². The van der Waals surface area contributed by atoms with Gasteiger partial charge >= 0.3 is 0 Å². The molecular formula is C8H10BrN2O+. The number of carbonyl (C=O) groups is 1. The van der Waals surface area contributed by atoms with Gasteiger partial charge in [-0.3, -0.25) is 4.79 Å². The summed E-state index contributed by atoms with van der Waals surface area (Å²) in [6.07, 6.45) is 3.77. The molecule has 1 heterocycles. The second-order valence-corrected chi connectivity index (χ2v) is 3.55. The number of aromatic nitrogens is 1. The molecule has 0 radical (unpaired) electrons. The van der Waals surface area contributed by atoms with Gasteiger partial charge in [0.15, 0.2) is 23.8 Å². The first-order chi connectivity index (χ1) is 5.70. The van der Waals surface area contributed by atoms with Gasteiger partial charge in [0.1, 0.15) is 0 Å². The number of rotatable bonds is 3. The number of alkyl halides is 1. The molecule has 1 amide bonds. The van der Waals surface area contributed by atoms with Gasteiger partial charge in [-0.25, -0.2) is 4.57 Å². The van der Waals surface area contributed by atoms with E-state index in [2.05, 4.69) is 15.9 Å². The Bertz CT molecular complexity index is 263. The number of amides is 1. The van der Waals surface area contributed by atoms with Crippen molar-refractivity contribution in [3.63, 3.8) is 0 Å². The minimum atomic E-state index is -0.341. The largest absolute Gasteiger partial charge is 0.368 e. The van der Waals surface area contributed by atoms with Crippen LogP contribution in [0.15, 0.2) is 30.6 Å². The first-order valence-electron chi connectivity index (χ1n) is 3.57. The number of nitrogens with zero attached hydrogens (tertiary/aromatic N) is 1. The predicted molar refractivity (Wildman–Crippen MR) is 48.5 cm³/mol. The third-order valence-corrected chi connectivity index (χ3v) is 2.20. The molecule has 1 aromatic rings. The predicted octanol–water partition coefficient (Wildman–Crippen LogP) is 0.223. The molecular weight excluding hydrogens is 220 g/mol. The fraction of sp³-hybridized carbons (Fsp3) is 0.250. The van der Waals surface area contributed by atoms with Crippen molar-refractivity contribution in [2.75, 3.05) is 0 Å². The van der Waals surface area contributed by atoms with Gasteiger partial charge in [-0.15, -0.1) is 0 Å². The van der Waals surface area contributed by atoms with E-state index in [1.807, 2.05) is 35.2 Å². The number of hydrogen-bond donors (Lipinski definition) is 1. The first kappa shape index (κ1) is 9.19. The summed E-state index contributed by atoms with van der Waals surface area (Å²) in [7, 11) is 0. The van der Waals surface area contributed by atoms with Crippen LogP contribution in [0.5, 0.6) is 0 Å². The summed E-state index contributed by atoms with van der Waals surface area (Å²) in [4.78, 5) is 10.4. The van der Waals surface area contributed by atoms with Crippen molar-refractivity contribution >= 4 is 21.8 Å². The minimum absolute atomic E-state index is 0.301. The highest BCUT2D eigenvalue weighted by atomic mass is 79.9. The number of halogens is 1. The fourth-order valence-corrected chi connectivity index (χ4v) is 1.17. The van der Waals surface area contributed by atoms with Crippen LogP contribution < -0.4 is 10.3 Å². The summed E-state index contributed by atoms with van der Waals surface area (Å²) in [5.74, 6) is -0.341. The third-order valence-electron chi connectivity index (χ3n) is 1.46. The molecule has 1 aromatic heterocycles. The number of pyridine rings is 1. The highest BCUT2D eigenvalue weighted by Gasteiger charge is 2.15. The molecule has 0 saturated heterocycles. The smallest absolute Gasteiger partial charge is 0.237 e.